The third-order valence-electron chi connectivity index (χ3n) is 0.247. The number of rotatable bonds is 1. The lowest BCUT2D eigenvalue weighted by molar-refractivity contribution is 1.50. The average Bonchev–Trinajstić information content (AvgIpc) is 1.96. The largest absolute Gasteiger partial charge is 0.405 e. The molecule has 0 aromatic rings. The van der Waals surface area contributed by atoms with E-state index in [1.54, 1.807) is 18.2 Å². The van der Waals surface area contributed by atoms with E-state index in [0.717, 1.165) is 0 Å². The van der Waals surface area contributed by atoms with E-state index in [1.165, 1.54) is 6.20 Å². The van der Waals surface area contributed by atoms with Crippen molar-refractivity contribution in [3.63, 3.8) is 0 Å². The van der Waals surface area contributed by atoms with E-state index >= 15 is 0 Å². The summed E-state index contributed by atoms with van der Waals surface area (Å²) in [7, 11) is 0. The zero-order valence-electron chi connectivity index (χ0n) is 7.30. The summed E-state index contributed by atoms with van der Waals surface area (Å²) in [5, 5.41) is 0. The van der Waals surface area contributed by atoms with Gasteiger partial charge in [0.05, 0.1) is 0 Å². The van der Waals surface area contributed by atoms with E-state index in [-0.39, 0.29) is 0 Å². The van der Waals surface area contributed by atoms with Crippen molar-refractivity contribution in [3.8, 4) is 0 Å². The van der Waals surface area contributed by atoms with Crippen LogP contribution in [0.2, 0.25) is 0 Å². The Hall–Kier alpha value is -0.980. The Labute approximate surface area is 64.9 Å². The van der Waals surface area contributed by atoms with Crippen molar-refractivity contribution >= 4 is 0 Å². The fourth-order valence-electron chi connectivity index (χ4n) is 0.0786. The summed E-state index contributed by atoms with van der Waals surface area (Å²) in [5.74, 6) is 0. The highest BCUT2D eigenvalue weighted by Crippen LogP contribution is 1.58. The minimum absolute atomic E-state index is 1.44. The van der Waals surface area contributed by atoms with Gasteiger partial charge in [-0.15, -0.1) is 6.58 Å². The molecule has 0 fully saturated rings. The predicted molar refractivity (Wildman–Crippen MR) is 50.7 cm³/mol. The Balaban J connectivity index is -0.0000000847. The highest BCUT2D eigenvalue weighted by molar-refractivity contribution is 4.93. The molecule has 0 radical (unpaired) electrons. The Morgan fingerprint density at radius 2 is 1.50 bits per heavy atom. The Morgan fingerprint density at radius 1 is 1.20 bits per heavy atom. The predicted octanol–water partition coefficient (Wildman–Crippen LogP) is 2.86. The van der Waals surface area contributed by atoms with Crippen LogP contribution in [-0.2, 0) is 0 Å². The molecule has 2 N–H and O–H groups in total. The molecule has 0 bridgehead atoms. The second-order valence-electron chi connectivity index (χ2n) is 1.03. The number of hydrogen-bond acceptors (Lipinski definition) is 1. The second-order valence-corrected chi connectivity index (χ2v) is 1.03. The molecule has 0 spiro atoms. The van der Waals surface area contributed by atoms with Gasteiger partial charge in [-0.25, -0.2) is 0 Å². The Morgan fingerprint density at radius 3 is 1.50 bits per heavy atom. The molecule has 0 heterocycles. The van der Waals surface area contributed by atoms with Crippen LogP contribution in [0.5, 0.6) is 0 Å². The van der Waals surface area contributed by atoms with Gasteiger partial charge in [-0.3, -0.25) is 0 Å². The number of allylic oxidation sites excluding steroid dienone is 3. The third-order valence-corrected chi connectivity index (χ3v) is 0.247. The molecular formula is C9H19N. The third kappa shape index (κ3) is 245. The molecule has 10 heavy (non-hydrogen) atoms. The second kappa shape index (κ2) is 43.3. The van der Waals surface area contributed by atoms with Gasteiger partial charge in [-0.2, -0.15) is 0 Å². The molecule has 0 aromatic carbocycles. The van der Waals surface area contributed by atoms with Gasteiger partial charge in [0.25, 0.3) is 0 Å². The molecule has 0 aromatic heterocycles. The lowest BCUT2D eigenvalue weighted by atomic mass is 10.6. The van der Waals surface area contributed by atoms with Crippen LogP contribution in [0.1, 0.15) is 20.8 Å². The van der Waals surface area contributed by atoms with E-state index in [4.69, 9.17) is 5.73 Å². The molecule has 0 saturated heterocycles. The van der Waals surface area contributed by atoms with Crippen molar-refractivity contribution in [2.45, 2.75) is 20.8 Å². The molecular weight excluding hydrogens is 122 g/mol. The standard InChI is InChI=1S/C4H7N.C3H6.C2H6/c1-2-3-4-5;1-3-2;1-2/h2-4H,1,5H2;3H,1H2,2H3;1-2H3/b4-3-;;. The summed E-state index contributed by atoms with van der Waals surface area (Å²) < 4.78 is 0. The van der Waals surface area contributed by atoms with Crippen molar-refractivity contribution in [1.29, 1.82) is 0 Å². The van der Waals surface area contributed by atoms with Crippen molar-refractivity contribution in [3.05, 3.63) is 37.6 Å². The van der Waals surface area contributed by atoms with Gasteiger partial charge in [0.1, 0.15) is 0 Å². The molecule has 0 saturated carbocycles. The van der Waals surface area contributed by atoms with E-state index in [0.29, 0.717) is 0 Å². The topological polar surface area (TPSA) is 26.0 Å². The van der Waals surface area contributed by atoms with E-state index in [9.17, 15) is 0 Å². The highest BCUT2D eigenvalue weighted by Gasteiger charge is 1.41. The van der Waals surface area contributed by atoms with Gasteiger partial charge in [-0.05, 0) is 19.2 Å². The van der Waals surface area contributed by atoms with Gasteiger partial charge in [0, 0.05) is 0 Å². The molecule has 0 aliphatic carbocycles. The fourth-order valence-corrected chi connectivity index (χ4v) is 0.0786. The number of hydrogen-bond donors (Lipinski definition) is 1. The smallest absolute Gasteiger partial charge is 0.00626 e. The van der Waals surface area contributed by atoms with Gasteiger partial charge < -0.3 is 5.73 Å². The van der Waals surface area contributed by atoms with Crippen LogP contribution in [0.25, 0.3) is 0 Å². The summed E-state index contributed by atoms with van der Waals surface area (Å²) in [6.07, 6.45) is 6.48. The molecule has 0 rings (SSSR count). The van der Waals surface area contributed by atoms with E-state index in [2.05, 4.69) is 13.2 Å². The molecule has 0 unspecified atom stereocenters. The first-order valence-electron chi connectivity index (χ1n) is 3.39. The van der Waals surface area contributed by atoms with E-state index < -0.39 is 0 Å². The zero-order chi connectivity index (χ0) is 8.83. The lowest BCUT2D eigenvalue weighted by Gasteiger charge is -1.58. The first-order valence-corrected chi connectivity index (χ1v) is 3.39. The molecule has 1 heteroatoms. The summed E-state index contributed by atoms with van der Waals surface area (Å²) >= 11 is 0. The normalized spacial score (nSPS) is 6.30. The molecule has 0 aliphatic heterocycles. The minimum Gasteiger partial charge on any atom is -0.405 e. The van der Waals surface area contributed by atoms with Crippen LogP contribution in [0.4, 0.5) is 0 Å². The van der Waals surface area contributed by atoms with Crippen molar-refractivity contribution in [1.82, 2.24) is 0 Å². The first-order chi connectivity index (χ1) is 4.83. The fraction of sp³-hybridized carbons (Fsp3) is 0.333. The van der Waals surface area contributed by atoms with Gasteiger partial charge in [0.2, 0.25) is 0 Å². The summed E-state index contributed by atoms with van der Waals surface area (Å²) in [4.78, 5) is 0. The van der Waals surface area contributed by atoms with Crippen molar-refractivity contribution in [2.75, 3.05) is 0 Å². The van der Waals surface area contributed by atoms with Gasteiger partial charge in [-0.1, -0.05) is 32.6 Å². The summed E-state index contributed by atoms with van der Waals surface area (Å²) in [6.45, 7) is 12.6. The molecule has 1 nitrogen and oxygen atoms in total. The minimum atomic E-state index is 1.44. The summed E-state index contributed by atoms with van der Waals surface area (Å²) in [6, 6.07) is 0. The van der Waals surface area contributed by atoms with Crippen LogP contribution < -0.4 is 5.73 Å². The SMILES string of the molecule is C=C/C=C\N.C=CC.CC. The van der Waals surface area contributed by atoms with Crippen LogP contribution in [0.15, 0.2) is 37.6 Å². The van der Waals surface area contributed by atoms with Crippen LogP contribution in [0, 0.1) is 0 Å². The molecule has 60 valence electrons. The summed E-state index contributed by atoms with van der Waals surface area (Å²) in [5.41, 5.74) is 4.89. The Kier molecular flexibility index (Phi) is 69.4. The Bertz CT molecular complexity index is 72.8. The quantitative estimate of drug-likeness (QED) is 0.441. The van der Waals surface area contributed by atoms with Crippen LogP contribution in [-0.4, -0.2) is 0 Å². The van der Waals surface area contributed by atoms with E-state index in [1.807, 2.05) is 20.8 Å². The monoisotopic (exact) mass is 141 g/mol. The van der Waals surface area contributed by atoms with Crippen LogP contribution in [0.3, 0.4) is 0 Å². The molecule has 0 amide bonds. The number of nitrogens with two attached hydrogens (primary N) is 1. The first kappa shape index (κ1) is 16.0. The average molecular weight is 141 g/mol. The highest BCUT2D eigenvalue weighted by atomic mass is 14.5. The van der Waals surface area contributed by atoms with Crippen LogP contribution >= 0.6 is 0 Å². The molecule has 0 atom stereocenters. The maximum absolute atomic E-state index is 4.89. The molecule has 0 aliphatic rings. The van der Waals surface area contributed by atoms with Crippen molar-refractivity contribution in [2.24, 2.45) is 5.73 Å². The van der Waals surface area contributed by atoms with Crippen molar-refractivity contribution < 1.29 is 0 Å². The lowest BCUT2D eigenvalue weighted by Crippen LogP contribution is -1.71. The van der Waals surface area contributed by atoms with Gasteiger partial charge in [0.15, 0.2) is 0 Å². The van der Waals surface area contributed by atoms with Gasteiger partial charge >= 0.3 is 0 Å². The zero-order valence-corrected chi connectivity index (χ0v) is 7.30. The maximum Gasteiger partial charge on any atom is -0.00626 e. The maximum atomic E-state index is 4.89.